The highest BCUT2D eigenvalue weighted by Gasteiger charge is 2.68. The van der Waals surface area contributed by atoms with Crippen molar-refractivity contribution >= 4 is 27.7 Å². The van der Waals surface area contributed by atoms with Crippen molar-refractivity contribution in [2.45, 2.75) is 63.3 Å². The van der Waals surface area contributed by atoms with E-state index < -0.39 is 38.4 Å². The fourth-order valence-electron chi connectivity index (χ4n) is 2.55. The predicted molar refractivity (Wildman–Crippen MR) is 84.8 cm³/mol. The van der Waals surface area contributed by atoms with Crippen molar-refractivity contribution < 1.29 is 26.7 Å². The molecular weight excluding hydrogens is 320 g/mol. The van der Waals surface area contributed by atoms with Crippen LogP contribution in [0.4, 0.5) is 4.79 Å². The number of nitrogens with one attached hydrogen (secondary N) is 1. The molecule has 0 spiro atoms. The normalized spacial score (nSPS) is 25.0. The van der Waals surface area contributed by atoms with Crippen LogP contribution in [0.25, 0.3) is 0 Å². The highest BCUT2D eigenvalue weighted by Crippen LogP contribution is 2.35. The molecule has 1 N–H and O–H groups in total. The van der Waals surface area contributed by atoms with Gasteiger partial charge in [-0.05, 0) is 37.6 Å². The Morgan fingerprint density at radius 3 is 2.43 bits per heavy atom. The Kier molecular flexibility index (Phi) is 4.17. The lowest BCUT2D eigenvalue weighted by Gasteiger charge is -2.34. The van der Waals surface area contributed by atoms with Crippen LogP contribution in [-0.4, -0.2) is 46.5 Å². The second-order valence-electron chi connectivity index (χ2n) is 6.92. The fourth-order valence-corrected chi connectivity index (χ4v) is 4.50. The van der Waals surface area contributed by atoms with Crippen LogP contribution in [0, 0.1) is 0 Å². The van der Waals surface area contributed by atoms with E-state index in [4.69, 9.17) is 4.74 Å². The van der Waals surface area contributed by atoms with Crippen LogP contribution in [0.3, 0.4) is 0 Å². The molecule has 2 aliphatic rings. The summed E-state index contributed by atoms with van der Waals surface area (Å²) in [5.41, 5.74) is -1.84. The molecule has 0 bridgehead atoms. The Hall–Kier alpha value is -1.70. The quantitative estimate of drug-likeness (QED) is 0.600. The third-order valence-corrected chi connectivity index (χ3v) is 6.10. The lowest BCUT2D eigenvalue weighted by atomic mass is 9.84. The largest absolute Gasteiger partial charge is 0.444 e. The Morgan fingerprint density at radius 2 is 2.04 bits per heavy atom. The Bertz CT molecular complexity index is 698. The summed E-state index contributed by atoms with van der Waals surface area (Å²) in [5.74, 6) is -0.660. The van der Waals surface area contributed by atoms with Crippen LogP contribution in [0.15, 0.2) is 12.7 Å². The molecule has 23 heavy (non-hydrogen) atoms. The van der Waals surface area contributed by atoms with Gasteiger partial charge in [0.25, 0.3) is 5.54 Å². The van der Waals surface area contributed by atoms with Crippen LogP contribution >= 0.6 is 0 Å². The number of alkyl carbamates (subject to hydrolysis) is 1. The van der Waals surface area contributed by atoms with Gasteiger partial charge in [-0.25, -0.2) is 9.59 Å². The first-order valence-corrected chi connectivity index (χ1v) is 9.01. The number of nitrogens with zero attached hydrogens (tertiary/aromatic N) is 1. The number of ether oxygens (including phenoxy) is 1. The van der Waals surface area contributed by atoms with Gasteiger partial charge in [0.05, 0.1) is 0 Å². The molecule has 8 heteroatoms. The van der Waals surface area contributed by atoms with Crippen LogP contribution in [0.5, 0.6) is 0 Å². The number of carbonyl (C=O) groups excluding carboxylic acids is 2. The summed E-state index contributed by atoms with van der Waals surface area (Å²) in [6.45, 7) is 10.2. The minimum atomic E-state index is -3.67. The number of hydrogen-bond acceptors (Lipinski definition) is 5. The van der Waals surface area contributed by atoms with Crippen molar-refractivity contribution in [3.8, 4) is 0 Å². The molecule has 0 radical (unpaired) electrons. The molecule has 128 valence electrons. The van der Waals surface area contributed by atoms with Gasteiger partial charge in [-0.3, -0.25) is 5.32 Å². The minimum absolute atomic E-state index is 0.105. The smallest absolute Gasteiger partial charge is 0.440 e. The number of sulfonamides is 1. The van der Waals surface area contributed by atoms with Crippen molar-refractivity contribution in [2.24, 2.45) is 0 Å². The number of amides is 2. The molecule has 1 aliphatic carbocycles. The molecule has 0 aromatic heterocycles. The third kappa shape index (κ3) is 3.04. The molecule has 2 amide bonds. The first kappa shape index (κ1) is 17.7. The average Bonchev–Trinajstić information content (AvgIpc) is 3.20. The van der Waals surface area contributed by atoms with E-state index in [0.717, 1.165) is 3.98 Å². The Balaban J connectivity index is 2.33. The van der Waals surface area contributed by atoms with E-state index in [1.54, 1.807) is 20.8 Å². The summed E-state index contributed by atoms with van der Waals surface area (Å²) >= 11 is 0. The molecule has 1 saturated carbocycles. The van der Waals surface area contributed by atoms with Crippen molar-refractivity contribution in [3.63, 3.8) is 0 Å². The van der Waals surface area contributed by atoms with Gasteiger partial charge in [-0.2, -0.15) is 8.42 Å². The molecular formula is C15H23N2O5S+. The SMILES string of the molecule is C=CCC1(NC(=O)OC(C)(C)C)C(=O)[N+](S(=O)(=O)C2CC2)=C1C. The number of hydrogen-bond donors (Lipinski definition) is 1. The maximum absolute atomic E-state index is 12.6. The second kappa shape index (κ2) is 5.43. The second-order valence-corrected chi connectivity index (χ2v) is 8.99. The molecule has 1 unspecified atom stereocenters. The van der Waals surface area contributed by atoms with Crippen LogP contribution < -0.4 is 5.32 Å². The summed E-state index contributed by atoms with van der Waals surface area (Å²) < 4.78 is 30.6. The van der Waals surface area contributed by atoms with E-state index in [9.17, 15) is 18.0 Å². The maximum atomic E-state index is 12.6. The van der Waals surface area contributed by atoms with Crippen molar-refractivity contribution in [1.82, 2.24) is 5.32 Å². The summed E-state index contributed by atoms with van der Waals surface area (Å²) in [4.78, 5) is 24.6. The first-order valence-electron chi connectivity index (χ1n) is 7.50. The highest BCUT2D eigenvalue weighted by atomic mass is 32.2. The summed E-state index contributed by atoms with van der Waals surface area (Å²) in [5, 5.41) is 2.03. The topological polar surface area (TPSA) is 92.5 Å². The number of carbonyl (C=O) groups is 2. The lowest BCUT2D eigenvalue weighted by Crippen LogP contribution is -2.73. The molecule has 7 nitrogen and oxygen atoms in total. The predicted octanol–water partition coefficient (Wildman–Crippen LogP) is 1.33. The third-order valence-electron chi connectivity index (χ3n) is 3.84. The molecule has 0 saturated heterocycles. The van der Waals surface area contributed by atoms with Crippen LogP contribution in [0.1, 0.15) is 47.0 Å². The maximum Gasteiger partial charge on any atom is 0.440 e. The average molecular weight is 343 g/mol. The van der Waals surface area contributed by atoms with E-state index in [1.165, 1.54) is 13.0 Å². The van der Waals surface area contributed by atoms with E-state index in [-0.39, 0.29) is 12.1 Å². The molecule has 1 heterocycles. The van der Waals surface area contributed by atoms with Gasteiger partial charge in [0.1, 0.15) is 10.9 Å². The standard InChI is InChI=1S/C15H22N2O5S/c1-6-9-15(16-13(19)22-14(3,4)5)10(2)17(12(15)18)23(20,21)11-7-8-11/h6,11H,1,7-9H2,2-5H3/p+1. The van der Waals surface area contributed by atoms with Gasteiger partial charge < -0.3 is 4.74 Å². The van der Waals surface area contributed by atoms with Gasteiger partial charge in [0.15, 0.2) is 0 Å². The zero-order valence-electron chi connectivity index (χ0n) is 13.9. The zero-order chi connectivity index (χ0) is 17.6. The summed E-state index contributed by atoms with van der Waals surface area (Å²) in [7, 11) is -3.67. The van der Waals surface area contributed by atoms with Crippen molar-refractivity contribution in [2.75, 3.05) is 0 Å². The summed E-state index contributed by atoms with van der Waals surface area (Å²) in [6.07, 6.45) is 1.93. The van der Waals surface area contributed by atoms with Crippen LogP contribution in [0.2, 0.25) is 0 Å². The van der Waals surface area contributed by atoms with Crippen molar-refractivity contribution in [1.29, 1.82) is 0 Å². The van der Waals surface area contributed by atoms with Gasteiger partial charge in [-0.15, -0.1) is 6.58 Å². The van der Waals surface area contributed by atoms with Gasteiger partial charge in [-0.1, -0.05) is 6.08 Å². The Morgan fingerprint density at radius 1 is 1.48 bits per heavy atom. The molecule has 2 rings (SSSR count). The molecule has 0 aromatic carbocycles. The summed E-state index contributed by atoms with van der Waals surface area (Å²) in [6, 6.07) is 0. The van der Waals surface area contributed by atoms with E-state index in [0.29, 0.717) is 12.8 Å². The molecule has 1 atom stereocenters. The number of rotatable bonds is 5. The lowest BCUT2D eigenvalue weighted by molar-refractivity contribution is -0.341. The highest BCUT2D eigenvalue weighted by molar-refractivity contribution is 7.86. The van der Waals surface area contributed by atoms with E-state index in [2.05, 4.69) is 11.9 Å². The molecule has 1 fully saturated rings. The van der Waals surface area contributed by atoms with Gasteiger partial charge in [0, 0.05) is 13.3 Å². The molecule has 1 aliphatic heterocycles. The Labute approximate surface area is 136 Å². The van der Waals surface area contributed by atoms with E-state index in [1.807, 2.05) is 0 Å². The van der Waals surface area contributed by atoms with E-state index >= 15 is 0 Å². The molecule has 0 aromatic rings. The monoisotopic (exact) mass is 343 g/mol. The zero-order valence-corrected chi connectivity index (χ0v) is 14.7. The minimum Gasteiger partial charge on any atom is -0.444 e. The fraction of sp³-hybridized carbons (Fsp3) is 0.667. The first-order chi connectivity index (χ1) is 10.5. The van der Waals surface area contributed by atoms with Crippen LogP contribution in [-0.2, 0) is 19.6 Å². The van der Waals surface area contributed by atoms with Crippen molar-refractivity contribution in [3.05, 3.63) is 12.7 Å². The van der Waals surface area contributed by atoms with Gasteiger partial charge >= 0.3 is 22.0 Å². The van der Waals surface area contributed by atoms with Gasteiger partial charge in [0.2, 0.25) is 5.71 Å².